The van der Waals surface area contributed by atoms with Crippen LogP contribution in [-0.2, 0) is 4.79 Å². The molecule has 0 bridgehead atoms. The smallest absolute Gasteiger partial charge is 0.225 e. The van der Waals surface area contributed by atoms with Gasteiger partial charge in [-0.1, -0.05) is 47.0 Å². The first-order valence-electron chi connectivity index (χ1n) is 6.68. The highest BCUT2D eigenvalue weighted by Crippen LogP contribution is 2.30. The van der Waals surface area contributed by atoms with Crippen molar-refractivity contribution in [3.05, 3.63) is 0 Å². The third-order valence-electron chi connectivity index (χ3n) is 3.56. The highest BCUT2D eigenvalue weighted by Gasteiger charge is 2.22. The Kier molecular flexibility index (Phi) is 4.82. The molecule has 2 heteroatoms. The van der Waals surface area contributed by atoms with Crippen molar-refractivity contribution in [2.75, 3.05) is 6.54 Å². The van der Waals surface area contributed by atoms with E-state index < -0.39 is 0 Å². The fourth-order valence-corrected chi connectivity index (χ4v) is 2.48. The Morgan fingerprint density at radius 3 is 2.56 bits per heavy atom. The molecule has 1 aliphatic carbocycles. The molecule has 0 heterocycles. The lowest BCUT2D eigenvalue weighted by molar-refractivity contribution is -0.128. The topological polar surface area (TPSA) is 29.1 Å². The maximum absolute atomic E-state index is 11.7. The first-order chi connectivity index (χ1) is 7.39. The number of amides is 1. The van der Waals surface area contributed by atoms with E-state index in [1.807, 2.05) is 20.8 Å². The van der Waals surface area contributed by atoms with Crippen LogP contribution in [0.3, 0.4) is 0 Å². The van der Waals surface area contributed by atoms with Gasteiger partial charge in [-0.2, -0.15) is 0 Å². The van der Waals surface area contributed by atoms with Crippen LogP contribution in [0.25, 0.3) is 0 Å². The Bertz CT molecular complexity index is 229. The van der Waals surface area contributed by atoms with E-state index >= 15 is 0 Å². The van der Waals surface area contributed by atoms with Crippen LogP contribution in [0, 0.1) is 17.3 Å². The monoisotopic (exact) mass is 225 g/mol. The summed E-state index contributed by atoms with van der Waals surface area (Å²) >= 11 is 0. The Hall–Kier alpha value is -0.530. The molecular weight excluding hydrogens is 198 g/mol. The molecule has 0 saturated heterocycles. The minimum Gasteiger partial charge on any atom is -0.356 e. The SMILES string of the molecule is CC1CCCC(CCNC(=O)C(C)(C)C)C1. The molecule has 1 fully saturated rings. The molecule has 1 aliphatic rings. The summed E-state index contributed by atoms with van der Waals surface area (Å²) < 4.78 is 0. The molecule has 0 aromatic heterocycles. The molecule has 2 nitrogen and oxygen atoms in total. The maximum atomic E-state index is 11.7. The lowest BCUT2D eigenvalue weighted by atomic mass is 9.81. The molecule has 1 rings (SSSR count). The van der Waals surface area contributed by atoms with Crippen molar-refractivity contribution in [3.63, 3.8) is 0 Å². The van der Waals surface area contributed by atoms with Gasteiger partial charge < -0.3 is 5.32 Å². The van der Waals surface area contributed by atoms with Crippen LogP contribution in [0.4, 0.5) is 0 Å². The Balaban J connectivity index is 2.18. The van der Waals surface area contributed by atoms with E-state index in [2.05, 4.69) is 12.2 Å². The number of hydrogen-bond donors (Lipinski definition) is 1. The number of carbonyl (C=O) groups excluding carboxylic acids is 1. The first-order valence-corrected chi connectivity index (χ1v) is 6.68. The normalized spacial score (nSPS) is 26.5. The van der Waals surface area contributed by atoms with E-state index in [0.717, 1.165) is 24.8 Å². The van der Waals surface area contributed by atoms with E-state index in [0.29, 0.717) is 0 Å². The van der Waals surface area contributed by atoms with Crippen molar-refractivity contribution in [2.45, 2.75) is 59.8 Å². The Morgan fingerprint density at radius 1 is 1.31 bits per heavy atom. The summed E-state index contributed by atoms with van der Waals surface area (Å²) in [6.07, 6.45) is 6.64. The van der Waals surface area contributed by atoms with Gasteiger partial charge in [-0.05, 0) is 24.7 Å². The van der Waals surface area contributed by atoms with Gasteiger partial charge in [0.15, 0.2) is 0 Å². The summed E-state index contributed by atoms with van der Waals surface area (Å²) in [7, 11) is 0. The molecule has 1 saturated carbocycles. The van der Waals surface area contributed by atoms with Crippen molar-refractivity contribution in [3.8, 4) is 0 Å². The molecule has 16 heavy (non-hydrogen) atoms. The third kappa shape index (κ3) is 4.54. The Morgan fingerprint density at radius 2 is 2.00 bits per heavy atom. The van der Waals surface area contributed by atoms with Crippen molar-refractivity contribution < 1.29 is 4.79 Å². The van der Waals surface area contributed by atoms with E-state index in [1.54, 1.807) is 0 Å². The summed E-state index contributed by atoms with van der Waals surface area (Å²) in [4.78, 5) is 11.7. The zero-order valence-corrected chi connectivity index (χ0v) is 11.3. The van der Waals surface area contributed by atoms with Gasteiger partial charge in [0.05, 0.1) is 0 Å². The van der Waals surface area contributed by atoms with Gasteiger partial charge >= 0.3 is 0 Å². The van der Waals surface area contributed by atoms with Gasteiger partial charge in [0.2, 0.25) is 5.91 Å². The molecule has 0 aliphatic heterocycles. The molecule has 1 N–H and O–H groups in total. The zero-order chi connectivity index (χ0) is 12.2. The van der Waals surface area contributed by atoms with Gasteiger partial charge in [0, 0.05) is 12.0 Å². The summed E-state index contributed by atoms with van der Waals surface area (Å²) in [5.74, 6) is 1.90. The highest BCUT2D eigenvalue weighted by atomic mass is 16.2. The van der Waals surface area contributed by atoms with Crippen LogP contribution in [0.1, 0.15) is 59.8 Å². The average molecular weight is 225 g/mol. The second-order valence-corrected chi connectivity index (χ2v) is 6.43. The largest absolute Gasteiger partial charge is 0.356 e. The van der Waals surface area contributed by atoms with Crippen LogP contribution in [0.15, 0.2) is 0 Å². The van der Waals surface area contributed by atoms with E-state index in [-0.39, 0.29) is 11.3 Å². The van der Waals surface area contributed by atoms with Crippen molar-refractivity contribution in [1.82, 2.24) is 5.32 Å². The van der Waals surface area contributed by atoms with Gasteiger partial charge in [0.25, 0.3) is 0 Å². The molecule has 0 radical (unpaired) electrons. The standard InChI is InChI=1S/C14H27NO/c1-11-6-5-7-12(10-11)8-9-15-13(16)14(2,3)4/h11-12H,5-10H2,1-4H3,(H,15,16). The summed E-state index contributed by atoms with van der Waals surface area (Å²) in [5, 5.41) is 3.05. The van der Waals surface area contributed by atoms with E-state index in [4.69, 9.17) is 0 Å². The van der Waals surface area contributed by atoms with Crippen molar-refractivity contribution in [1.29, 1.82) is 0 Å². The number of hydrogen-bond acceptors (Lipinski definition) is 1. The van der Waals surface area contributed by atoms with Gasteiger partial charge in [-0.25, -0.2) is 0 Å². The molecule has 0 aromatic carbocycles. The van der Waals surface area contributed by atoms with Gasteiger partial charge in [-0.15, -0.1) is 0 Å². The predicted octanol–water partition coefficient (Wildman–Crippen LogP) is 3.37. The van der Waals surface area contributed by atoms with Crippen molar-refractivity contribution in [2.24, 2.45) is 17.3 Å². The second-order valence-electron chi connectivity index (χ2n) is 6.43. The highest BCUT2D eigenvalue weighted by molar-refractivity contribution is 5.81. The lowest BCUT2D eigenvalue weighted by Gasteiger charge is -2.27. The zero-order valence-electron chi connectivity index (χ0n) is 11.3. The predicted molar refractivity (Wildman–Crippen MR) is 68.2 cm³/mol. The summed E-state index contributed by atoms with van der Waals surface area (Å²) in [5.41, 5.74) is -0.250. The fraction of sp³-hybridized carbons (Fsp3) is 0.929. The molecule has 1 amide bonds. The summed E-state index contributed by atoms with van der Waals surface area (Å²) in [6.45, 7) is 9.09. The third-order valence-corrected chi connectivity index (χ3v) is 3.56. The van der Waals surface area contributed by atoms with Crippen LogP contribution < -0.4 is 5.32 Å². The average Bonchev–Trinajstić information content (AvgIpc) is 2.16. The molecular formula is C14H27NO. The fourth-order valence-electron chi connectivity index (χ4n) is 2.48. The molecule has 0 aromatic rings. The first kappa shape index (κ1) is 13.5. The van der Waals surface area contributed by atoms with E-state index in [1.165, 1.54) is 25.7 Å². The van der Waals surface area contributed by atoms with Gasteiger partial charge in [0.1, 0.15) is 0 Å². The number of nitrogens with one attached hydrogen (secondary N) is 1. The molecule has 0 spiro atoms. The van der Waals surface area contributed by atoms with E-state index in [9.17, 15) is 4.79 Å². The van der Waals surface area contributed by atoms with Gasteiger partial charge in [-0.3, -0.25) is 4.79 Å². The molecule has 2 unspecified atom stereocenters. The molecule has 2 atom stereocenters. The maximum Gasteiger partial charge on any atom is 0.225 e. The van der Waals surface area contributed by atoms with Crippen LogP contribution in [0.5, 0.6) is 0 Å². The minimum absolute atomic E-state index is 0.177. The van der Waals surface area contributed by atoms with Crippen molar-refractivity contribution >= 4 is 5.91 Å². The van der Waals surface area contributed by atoms with Crippen LogP contribution in [0.2, 0.25) is 0 Å². The Labute approximate surface area is 100 Å². The molecule has 94 valence electrons. The second kappa shape index (κ2) is 5.70. The van der Waals surface area contributed by atoms with Crippen LogP contribution in [-0.4, -0.2) is 12.5 Å². The lowest BCUT2D eigenvalue weighted by Crippen LogP contribution is -2.36. The summed E-state index contributed by atoms with van der Waals surface area (Å²) in [6, 6.07) is 0. The minimum atomic E-state index is -0.250. The number of carbonyl (C=O) groups is 1. The number of rotatable bonds is 3. The van der Waals surface area contributed by atoms with Crippen LogP contribution >= 0.6 is 0 Å². The quantitative estimate of drug-likeness (QED) is 0.784.